The van der Waals surface area contributed by atoms with Crippen LogP contribution >= 0.6 is 0 Å². The lowest BCUT2D eigenvalue weighted by atomic mass is 9.83. The summed E-state index contributed by atoms with van der Waals surface area (Å²) in [5.74, 6) is -0.464. The third-order valence-corrected chi connectivity index (χ3v) is 4.28. The highest BCUT2D eigenvalue weighted by Gasteiger charge is 2.45. The van der Waals surface area contributed by atoms with Crippen molar-refractivity contribution in [2.45, 2.75) is 45.3 Å². The molecule has 4 nitrogen and oxygen atoms in total. The van der Waals surface area contributed by atoms with Crippen LogP contribution in [0.25, 0.3) is 0 Å². The number of hydrogen-bond donors (Lipinski definition) is 2. The summed E-state index contributed by atoms with van der Waals surface area (Å²) in [7, 11) is 0. The number of esters is 1. The number of aliphatic hydroxyl groups excluding tert-OH is 2. The molecule has 0 amide bonds. The van der Waals surface area contributed by atoms with Gasteiger partial charge in [0, 0.05) is 5.92 Å². The Kier molecular flexibility index (Phi) is 4.42. The molecule has 106 valence electrons. The Morgan fingerprint density at radius 2 is 2.16 bits per heavy atom. The molecule has 1 heterocycles. The molecule has 0 aromatic rings. The Morgan fingerprint density at radius 1 is 1.42 bits per heavy atom. The van der Waals surface area contributed by atoms with Crippen LogP contribution in [0.5, 0.6) is 0 Å². The molecule has 2 N–H and O–H groups in total. The van der Waals surface area contributed by atoms with E-state index in [-0.39, 0.29) is 24.4 Å². The van der Waals surface area contributed by atoms with Gasteiger partial charge in [-0.05, 0) is 37.3 Å². The zero-order valence-corrected chi connectivity index (χ0v) is 11.5. The van der Waals surface area contributed by atoms with E-state index in [1.807, 2.05) is 26.0 Å². The highest BCUT2D eigenvalue weighted by molar-refractivity contribution is 5.75. The van der Waals surface area contributed by atoms with Crippen LogP contribution in [0.15, 0.2) is 23.3 Å². The second-order valence-electron chi connectivity index (χ2n) is 5.54. The van der Waals surface area contributed by atoms with E-state index < -0.39 is 12.2 Å². The van der Waals surface area contributed by atoms with Crippen molar-refractivity contribution in [2.75, 3.05) is 6.61 Å². The van der Waals surface area contributed by atoms with E-state index in [9.17, 15) is 15.0 Å². The number of allylic oxidation sites excluding steroid dienone is 2. The van der Waals surface area contributed by atoms with Crippen molar-refractivity contribution in [1.29, 1.82) is 0 Å². The minimum atomic E-state index is -0.719. The van der Waals surface area contributed by atoms with Gasteiger partial charge in [-0.2, -0.15) is 0 Å². The van der Waals surface area contributed by atoms with Crippen LogP contribution in [-0.4, -0.2) is 35.0 Å². The summed E-state index contributed by atoms with van der Waals surface area (Å²) in [6, 6.07) is 0. The molecule has 2 aliphatic rings. The number of aliphatic hydroxyl groups is 2. The van der Waals surface area contributed by atoms with Crippen LogP contribution in [0.2, 0.25) is 0 Å². The Balaban J connectivity index is 2.29. The highest BCUT2D eigenvalue weighted by Crippen LogP contribution is 2.35. The lowest BCUT2D eigenvalue weighted by Crippen LogP contribution is -2.33. The second kappa shape index (κ2) is 5.88. The Labute approximate surface area is 113 Å². The average Bonchev–Trinajstić information content (AvgIpc) is 2.68. The quantitative estimate of drug-likeness (QED) is 0.558. The fourth-order valence-electron chi connectivity index (χ4n) is 2.84. The Bertz CT molecular complexity index is 410. The largest absolute Gasteiger partial charge is 0.459 e. The molecule has 0 spiro atoms. The normalized spacial score (nSPS) is 36.1. The van der Waals surface area contributed by atoms with Gasteiger partial charge in [0.2, 0.25) is 0 Å². The molecule has 1 aliphatic carbocycles. The first kappa shape index (κ1) is 14.3. The molecule has 4 atom stereocenters. The van der Waals surface area contributed by atoms with Gasteiger partial charge in [0.25, 0.3) is 0 Å². The molecule has 1 fully saturated rings. The third kappa shape index (κ3) is 2.90. The molecule has 0 radical (unpaired) electrons. The van der Waals surface area contributed by atoms with Gasteiger partial charge in [-0.25, -0.2) is 0 Å². The molecular formula is C15H22O4. The monoisotopic (exact) mass is 266 g/mol. The Hall–Kier alpha value is -1.13. The van der Waals surface area contributed by atoms with Gasteiger partial charge >= 0.3 is 5.97 Å². The van der Waals surface area contributed by atoms with Crippen LogP contribution in [0.4, 0.5) is 0 Å². The number of fused-ring (bicyclic) bond motifs is 1. The number of carbonyl (C=O) groups is 1. The molecule has 0 aromatic heterocycles. The molecule has 0 saturated carbocycles. The first-order chi connectivity index (χ1) is 9.04. The molecule has 1 aliphatic heterocycles. The lowest BCUT2D eigenvalue weighted by Gasteiger charge is -2.25. The first-order valence-electron chi connectivity index (χ1n) is 6.88. The Morgan fingerprint density at radius 3 is 2.84 bits per heavy atom. The molecule has 2 rings (SSSR count). The predicted octanol–water partition coefficient (Wildman–Crippen LogP) is 1.57. The van der Waals surface area contributed by atoms with Gasteiger partial charge < -0.3 is 14.9 Å². The van der Waals surface area contributed by atoms with Gasteiger partial charge in [0.1, 0.15) is 12.2 Å². The predicted molar refractivity (Wildman–Crippen MR) is 71.3 cm³/mol. The first-order valence-corrected chi connectivity index (χ1v) is 6.88. The van der Waals surface area contributed by atoms with E-state index in [0.29, 0.717) is 6.42 Å². The number of ether oxygens (including phenoxy) is 1. The topological polar surface area (TPSA) is 66.8 Å². The van der Waals surface area contributed by atoms with Gasteiger partial charge in [-0.15, -0.1) is 0 Å². The zero-order valence-electron chi connectivity index (χ0n) is 11.5. The van der Waals surface area contributed by atoms with Crippen molar-refractivity contribution in [3.63, 3.8) is 0 Å². The summed E-state index contributed by atoms with van der Waals surface area (Å²) in [5.41, 5.74) is 1.84. The van der Waals surface area contributed by atoms with Crippen LogP contribution in [0.1, 0.15) is 33.1 Å². The van der Waals surface area contributed by atoms with E-state index in [1.165, 1.54) is 0 Å². The van der Waals surface area contributed by atoms with E-state index in [2.05, 4.69) is 0 Å². The molecule has 1 saturated heterocycles. The summed E-state index contributed by atoms with van der Waals surface area (Å²) in [6.07, 6.45) is 5.02. The van der Waals surface area contributed by atoms with Crippen LogP contribution in [0.3, 0.4) is 0 Å². The van der Waals surface area contributed by atoms with Crippen LogP contribution in [0, 0.1) is 11.8 Å². The summed E-state index contributed by atoms with van der Waals surface area (Å²) >= 11 is 0. The van der Waals surface area contributed by atoms with Gasteiger partial charge in [-0.3, -0.25) is 4.79 Å². The smallest absolute Gasteiger partial charge is 0.309 e. The van der Waals surface area contributed by atoms with Crippen molar-refractivity contribution >= 4 is 5.97 Å². The maximum atomic E-state index is 11.7. The third-order valence-electron chi connectivity index (χ3n) is 4.28. The van der Waals surface area contributed by atoms with Crippen molar-refractivity contribution < 1.29 is 19.7 Å². The average molecular weight is 266 g/mol. The minimum absolute atomic E-state index is 0.0227. The summed E-state index contributed by atoms with van der Waals surface area (Å²) in [5, 5.41) is 19.6. The molecule has 0 aromatic carbocycles. The maximum Gasteiger partial charge on any atom is 0.309 e. The fraction of sp³-hybridized carbons (Fsp3) is 0.667. The molecule has 4 heteroatoms. The SMILES string of the molecule is CC1=CCCC(CO)=CCC2C(C)C(=O)OC2C1O. The maximum absolute atomic E-state index is 11.7. The summed E-state index contributed by atoms with van der Waals surface area (Å²) in [4.78, 5) is 11.7. The minimum Gasteiger partial charge on any atom is -0.459 e. The molecule has 0 bridgehead atoms. The van der Waals surface area contributed by atoms with Gasteiger partial charge in [0.15, 0.2) is 0 Å². The molecular weight excluding hydrogens is 244 g/mol. The second-order valence-corrected chi connectivity index (χ2v) is 5.54. The standard InChI is InChI=1S/C15H22O4/c1-9-4-3-5-11(8-16)6-7-12-10(2)15(18)19-14(12)13(9)17/h4,6,10,12-14,16-17H,3,5,7-8H2,1-2H3. The number of carbonyl (C=O) groups excluding carboxylic acids is 1. The van der Waals surface area contributed by atoms with E-state index in [1.54, 1.807) is 0 Å². The van der Waals surface area contributed by atoms with Crippen molar-refractivity contribution in [1.82, 2.24) is 0 Å². The summed E-state index contributed by atoms with van der Waals surface area (Å²) < 4.78 is 5.34. The molecule has 4 unspecified atom stereocenters. The van der Waals surface area contributed by atoms with Gasteiger partial charge in [0.05, 0.1) is 12.5 Å². The van der Waals surface area contributed by atoms with Crippen LogP contribution in [-0.2, 0) is 9.53 Å². The zero-order chi connectivity index (χ0) is 14.0. The van der Waals surface area contributed by atoms with E-state index in [0.717, 1.165) is 24.0 Å². The van der Waals surface area contributed by atoms with Gasteiger partial charge in [-0.1, -0.05) is 19.1 Å². The van der Waals surface area contributed by atoms with E-state index in [4.69, 9.17) is 4.74 Å². The lowest BCUT2D eigenvalue weighted by molar-refractivity contribution is -0.146. The fourth-order valence-corrected chi connectivity index (χ4v) is 2.84. The number of rotatable bonds is 1. The van der Waals surface area contributed by atoms with E-state index >= 15 is 0 Å². The highest BCUT2D eigenvalue weighted by atomic mass is 16.6. The van der Waals surface area contributed by atoms with Crippen molar-refractivity contribution in [3.8, 4) is 0 Å². The number of hydrogen-bond acceptors (Lipinski definition) is 4. The molecule has 19 heavy (non-hydrogen) atoms. The summed E-state index contributed by atoms with van der Waals surface area (Å²) in [6.45, 7) is 3.76. The van der Waals surface area contributed by atoms with Crippen molar-refractivity contribution in [2.24, 2.45) is 11.8 Å². The van der Waals surface area contributed by atoms with Crippen molar-refractivity contribution in [3.05, 3.63) is 23.3 Å². The van der Waals surface area contributed by atoms with Crippen LogP contribution < -0.4 is 0 Å².